The van der Waals surface area contributed by atoms with Crippen molar-refractivity contribution in [3.05, 3.63) is 29.8 Å². The molecular weight excluding hydrogens is 273 g/mol. The molecule has 1 aliphatic rings. The van der Waals surface area contributed by atoms with E-state index < -0.39 is 12.2 Å². The quantitative estimate of drug-likeness (QED) is 0.862. The van der Waals surface area contributed by atoms with Crippen LogP contribution in [0.1, 0.15) is 11.6 Å². The molecule has 0 spiro atoms. The number of alkyl halides is 3. The third-order valence-electron chi connectivity index (χ3n) is 3.26. The van der Waals surface area contributed by atoms with E-state index in [1.807, 2.05) is 6.26 Å². The van der Waals surface area contributed by atoms with Crippen LogP contribution in [-0.2, 0) is 0 Å². The zero-order valence-corrected chi connectivity index (χ0v) is 11.5. The number of rotatable bonds is 3. The van der Waals surface area contributed by atoms with Gasteiger partial charge in [0.05, 0.1) is 0 Å². The third kappa shape index (κ3) is 3.64. The lowest BCUT2D eigenvalue weighted by atomic mass is 10.0. The Bertz CT molecular complexity index is 399. The Morgan fingerprint density at radius 2 is 1.74 bits per heavy atom. The number of hydrogen-bond acceptors (Lipinski definition) is 3. The zero-order chi connectivity index (χ0) is 13.9. The first-order valence-corrected chi connectivity index (χ1v) is 7.40. The second-order valence-corrected chi connectivity index (χ2v) is 5.38. The van der Waals surface area contributed by atoms with E-state index >= 15 is 0 Å². The molecule has 2 rings (SSSR count). The summed E-state index contributed by atoms with van der Waals surface area (Å²) in [5.41, 5.74) is 0.326. The largest absolute Gasteiger partial charge is 0.408 e. The number of piperazine rings is 1. The Hall–Kier alpha value is -0.720. The van der Waals surface area contributed by atoms with Gasteiger partial charge in [0.25, 0.3) is 0 Å². The van der Waals surface area contributed by atoms with E-state index in [1.54, 1.807) is 24.3 Å². The average Bonchev–Trinajstić information content (AvgIpc) is 2.39. The van der Waals surface area contributed by atoms with Crippen molar-refractivity contribution < 1.29 is 13.2 Å². The molecule has 0 unspecified atom stereocenters. The predicted molar refractivity (Wildman–Crippen MR) is 71.5 cm³/mol. The lowest BCUT2D eigenvalue weighted by molar-refractivity contribution is -0.187. The summed E-state index contributed by atoms with van der Waals surface area (Å²) < 4.78 is 39.9. The standard InChI is InChI=1S/C13H17F3N2S/c1-19-11-4-2-10(3-5-11)12(13(14,15)16)18-8-6-17-7-9-18/h2-5,12,17H,6-9H2,1H3/t12-/m0/s1. The molecule has 0 saturated carbocycles. The van der Waals surface area contributed by atoms with Crippen molar-refractivity contribution in [2.24, 2.45) is 0 Å². The molecule has 0 bridgehead atoms. The summed E-state index contributed by atoms with van der Waals surface area (Å²) in [6, 6.07) is 5.19. The molecule has 1 saturated heterocycles. The Kier molecular flexibility index (Phi) is 4.76. The number of halogens is 3. The lowest BCUT2D eigenvalue weighted by Crippen LogP contribution is -2.49. The average molecular weight is 290 g/mol. The van der Waals surface area contributed by atoms with Gasteiger partial charge in [-0.15, -0.1) is 11.8 Å². The highest BCUT2D eigenvalue weighted by molar-refractivity contribution is 7.98. The first kappa shape index (κ1) is 14.7. The number of nitrogens with zero attached hydrogens (tertiary/aromatic N) is 1. The fraction of sp³-hybridized carbons (Fsp3) is 0.538. The van der Waals surface area contributed by atoms with Gasteiger partial charge < -0.3 is 5.32 Å². The fourth-order valence-electron chi connectivity index (χ4n) is 2.33. The van der Waals surface area contributed by atoms with Gasteiger partial charge in [-0.25, -0.2) is 0 Å². The molecule has 1 atom stereocenters. The van der Waals surface area contributed by atoms with Crippen LogP contribution in [0.25, 0.3) is 0 Å². The molecule has 1 fully saturated rings. The molecule has 1 heterocycles. The van der Waals surface area contributed by atoms with E-state index in [0.29, 0.717) is 31.7 Å². The van der Waals surface area contributed by atoms with Crippen LogP contribution >= 0.6 is 11.8 Å². The van der Waals surface area contributed by atoms with E-state index in [-0.39, 0.29) is 0 Å². The normalized spacial score (nSPS) is 19.4. The van der Waals surface area contributed by atoms with Crippen LogP contribution in [0.2, 0.25) is 0 Å². The van der Waals surface area contributed by atoms with Gasteiger partial charge >= 0.3 is 6.18 Å². The first-order valence-electron chi connectivity index (χ1n) is 6.18. The summed E-state index contributed by atoms with van der Waals surface area (Å²) in [5.74, 6) is 0. The van der Waals surface area contributed by atoms with Gasteiger partial charge in [0.2, 0.25) is 0 Å². The van der Waals surface area contributed by atoms with Crippen molar-refractivity contribution in [1.82, 2.24) is 10.2 Å². The van der Waals surface area contributed by atoms with E-state index in [1.165, 1.54) is 16.7 Å². The highest BCUT2D eigenvalue weighted by Crippen LogP contribution is 2.38. The number of thioether (sulfide) groups is 1. The molecule has 1 aromatic rings. The van der Waals surface area contributed by atoms with Crippen molar-refractivity contribution in [3.63, 3.8) is 0 Å². The summed E-state index contributed by atoms with van der Waals surface area (Å²) in [7, 11) is 0. The van der Waals surface area contributed by atoms with Gasteiger partial charge in [-0.05, 0) is 24.0 Å². The maximum Gasteiger partial charge on any atom is 0.408 e. The van der Waals surface area contributed by atoms with E-state index in [4.69, 9.17) is 0 Å². The predicted octanol–water partition coefficient (Wildman–Crippen LogP) is 2.92. The molecule has 19 heavy (non-hydrogen) atoms. The van der Waals surface area contributed by atoms with E-state index in [9.17, 15) is 13.2 Å². The Morgan fingerprint density at radius 3 is 2.21 bits per heavy atom. The van der Waals surface area contributed by atoms with Crippen LogP contribution in [0, 0.1) is 0 Å². The van der Waals surface area contributed by atoms with Crippen LogP contribution in [0.5, 0.6) is 0 Å². The zero-order valence-electron chi connectivity index (χ0n) is 10.7. The first-order chi connectivity index (χ1) is 9.02. The molecule has 0 aromatic heterocycles. The van der Waals surface area contributed by atoms with Crippen LogP contribution in [0.3, 0.4) is 0 Å². The Balaban J connectivity index is 2.25. The lowest BCUT2D eigenvalue weighted by Gasteiger charge is -2.36. The Labute approximate surface area is 115 Å². The molecule has 1 aromatic carbocycles. The van der Waals surface area contributed by atoms with Crippen molar-refractivity contribution in [2.45, 2.75) is 17.1 Å². The summed E-state index contributed by atoms with van der Waals surface area (Å²) >= 11 is 1.53. The van der Waals surface area contributed by atoms with Crippen LogP contribution in [-0.4, -0.2) is 43.5 Å². The maximum absolute atomic E-state index is 13.3. The highest BCUT2D eigenvalue weighted by atomic mass is 32.2. The van der Waals surface area contributed by atoms with Crippen LogP contribution < -0.4 is 5.32 Å². The molecule has 0 amide bonds. The molecule has 0 aliphatic carbocycles. The minimum absolute atomic E-state index is 0.326. The number of hydrogen-bond donors (Lipinski definition) is 1. The topological polar surface area (TPSA) is 15.3 Å². The molecule has 2 nitrogen and oxygen atoms in total. The molecule has 6 heteroatoms. The number of nitrogens with one attached hydrogen (secondary N) is 1. The van der Waals surface area contributed by atoms with Crippen molar-refractivity contribution in [1.29, 1.82) is 0 Å². The summed E-state index contributed by atoms with van der Waals surface area (Å²) in [6.07, 6.45) is -2.33. The molecule has 1 N–H and O–H groups in total. The highest BCUT2D eigenvalue weighted by Gasteiger charge is 2.44. The van der Waals surface area contributed by atoms with Crippen LogP contribution in [0.15, 0.2) is 29.2 Å². The SMILES string of the molecule is CSc1ccc([C@H](N2CCNCC2)C(F)(F)F)cc1. The second kappa shape index (κ2) is 6.15. The van der Waals surface area contributed by atoms with Gasteiger partial charge in [0.15, 0.2) is 0 Å². The monoisotopic (exact) mass is 290 g/mol. The Morgan fingerprint density at radius 1 is 1.16 bits per heavy atom. The molecule has 106 valence electrons. The fourth-order valence-corrected chi connectivity index (χ4v) is 2.74. The summed E-state index contributed by atoms with van der Waals surface area (Å²) in [5, 5.41) is 3.08. The summed E-state index contributed by atoms with van der Waals surface area (Å²) in [6.45, 7) is 2.06. The smallest absolute Gasteiger partial charge is 0.314 e. The van der Waals surface area contributed by atoms with Gasteiger partial charge in [-0.1, -0.05) is 12.1 Å². The second-order valence-electron chi connectivity index (χ2n) is 4.50. The van der Waals surface area contributed by atoms with Gasteiger partial charge in [0, 0.05) is 31.1 Å². The van der Waals surface area contributed by atoms with E-state index in [2.05, 4.69) is 5.32 Å². The molecule has 0 radical (unpaired) electrons. The third-order valence-corrected chi connectivity index (χ3v) is 4.00. The van der Waals surface area contributed by atoms with Gasteiger partial charge in [-0.3, -0.25) is 4.90 Å². The van der Waals surface area contributed by atoms with Crippen LogP contribution in [0.4, 0.5) is 13.2 Å². The molecular formula is C13H17F3N2S. The van der Waals surface area contributed by atoms with E-state index in [0.717, 1.165) is 4.90 Å². The minimum atomic E-state index is -4.24. The minimum Gasteiger partial charge on any atom is -0.314 e. The molecule has 1 aliphatic heterocycles. The van der Waals surface area contributed by atoms with Gasteiger partial charge in [-0.2, -0.15) is 13.2 Å². The number of benzene rings is 1. The van der Waals surface area contributed by atoms with Crippen molar-refractivity contribution >= 4 is 11.8 Å². The van der Waals surface area contributed by atoms with Crippen molar-refractivity contribution in [2.75, 3.05) is 32.4 Å². The summed E-state index contributed by atoms with van der Waals surface area (Å²) in [4.78, 5) is 2.48. The van der Waals surface area contributed by atoms with Gasteiger partial charge in [0.1, 0.15) is 6.04 Å². The maximum atomic E-state index is 13.3. The van der Waals surface area contributed by atoms with Crippen molar-refractivity contribution in [3.8, 4) is 0 Å².